The summed E-state index contributed by atoms with van der Waals surface area (Å²) in [4.78, 5) is 24.7. The van der Waals surface area contributed by atoms with Crippen LogP contribution in [-0.4, -0.2) is 54.8 Å². The lowest BCUT2D eigenvalue weighted by Gasteiger charge is -2.32. The topological polar surface area (TPSA) is 76.1 Å². The van der Waals surface area contributed by atoms with Gasteiger partial charge in [-0.15, -0.1) is 0 Å². The summed E-state index contributed by atoms with van der Waals surface area (Å²) in [5, 5.41) is 8.78. The maximum Gasteiger partial charge on any atom is 0.306 e. The van der Waals surface area contributed by atoms with Crippen molar-refractivity contribution in [3.05, 3.63) is 29.8 Å². The molecule has 1 N–H and O–H groups in total. The van der Waals surface area contributed by atoms with E-state index in [1.807, 2.05) is 0 Å². The fourth-order valence-electron chi connectivity index (χ4n) is 2.16. The molecule has 1 heterocycles. The maximum atomic E-state index is 12.4. The highest BCUT2D eigenvalue weighted by Crippen LogP contribution is 2.17. The molecule has 1 fully saturated rings. The number of carbonyl (C=O) groups excluding carboxylic acids is 1. The summed E-state index contributed by atoms with van der Waals surface area (Å²) in [6, 6.07) is 6.90. The van der Waals surface area contributed by atoms with Gasteiger partial charge in [-0.1, -0.05) is 6.07 Å². The molecule has 1 aromatic carbocycles. The molecule has 0 saturated carbocycles. The van der Waals surface area contributed by atoms with Crippen LogP contribution in [0.3, 0.4) is 0 Å². The first-order valence-electron chi connectivity index (χ1n) is 6.37. The minimum atomic E-state index is -0.925. The number of hydrogen-bond donors (Lipinski definition) is 1. The molecule has 108 valence electrons. The summed E-state index contributed by atoms with van der Waals surface area (Å²) < 4.78 is 10.4. The Bertz CT molecular complexity index is 502. The van der Waals surface area contributed by atoms with Crippen molar-refractivity contribution < 1.29 is 24.2 Å². The van der Waals surface area contributed by atoms with Crippen molar-refractivity contribution in [1.82, 2.24) is 4.90 Å². The first-order chi connectivity index (χ1) is 9.60. The largest absolute Gasteiger partial charge is 0.497 e. The number of hydrogen-bond acceptors (Lipinski definition) is 4. The van der Waals surface area contributed by atoms with Gasteiger partial charge in [-0.2, -0.15) is 0 Å². The van der Waals surface area contributed by atoms with Crippen LogP contribution in [0.15, 0.2) is 24.3 Å². The van der Waals surface area contributed by atoms with Crippen LogP contribution in [0.4, 0.5) is 0 Å². The van der Waals surface area contributed by atoms with Crippen molar-refractivity contribution in [1.29, 1.82) is 0 Å². The highest BCUT2D eigenvalue weighted by molar-refractivity contribution is 5.94. The Morgan fingerprint density at radius 3 is 3.00 bits per heavy atom. The van der Waals surface area contributed by atoms with E-state index in [9.17, 15) is 9.59 Å². The number of ether oxygens (including phenoxy) is 2. The van der Waals surface area contributed by atoms with E-state index in [4.69, 9.17) is 14.6 Å². The monoisotopic (exact) mass is 279 g/mol. The predicted octanol–water partition coefficient (Wildman–Crippen LogP) is 1.01. The number of rotatable bonds is 4. The third-order valence-corrected chi connectivity index (χ3v) is 3.14. The number of carboxylic acid groups (broad SMARTS) is 1. The second-order valence-corrected chi connectivity index (χ2v) is 4.57. The lowest BCUT2D eigenvalue weighted by molar-refractivity contribution is -0.141. The van der Waals surface area contributed by atoms with Crippen LogP contribution in [0.1, 0.15) is 16.8 Å². The van der Waals surface area contributed by atoms with Crippen molar-refractivity contribution in [2.45, 2.75) is 12.5 Å². The Labute approximate surface area is 116 Å². The zero-order valence-electron chi connectivity index (χ0n) is 11.2. The van der Waals surface area contributed by atoms with Crippen molar-refractivity contribution >= 4 is 11.9 Å². The lowest BCUT2D eigenvalue weighted by Crippen LogP contribution is -2.46. The number of morpholine rings is 1. The van der Waals surface area contributed by atoms with Crippen LogP contribution in [0.5, 0.6) is 5.75 Å². The van der Waals surface area contributed by atoms with E-state index in [0.29, 0.717) is 31.0 Å². The van der Waals surface area contributed by atoms with Gasteiger partial charge in [-0.05, 0) is 18.2 Å². The SMILES string of the molecule is COc1cccc(C(=O)N2CCOC(CC(=O)O)C2)c1. The van der Waals surface area contributed by atoms with E-state index in [1.54, 1.807) is 36.3 Å². The quantitative estimate of drug-likeness (QED) is 0.890. The summed E-state index contributed by atoms with van der Waals surface area (Å²) in [6.07, 6.45) is -0.544. The van der Waals surface area contributed by atoms with Gasteiger partial charge in [0, 0.05) is 18.7 Å². The highest BCUT2D eigenvalue weighted by Gasteiger charge is 2.26. The second kappa shape index (κ2) is 6.38. The fraction of sp³-hybridized carbons (Fsp3) is 0.429. The van der Waals surface area contributed by atoms with E-state index in [0.717, 1.165) is 0 Å². The number of nitrogens with zero attached hydrogens (tertiary/aromatic N) is 1. The standard InChI is InChI=1S/C14H17NO5/c1-19-11-4-2-3-10(7-11)14(18)15-5-6-20-12(9-15)8-13(16)17/h2-4,7,12H,5-6,8-9H2,1H3,(H,16,17). The van der Waals surface area contributed by atoms with Crippen molar-refractivity contribution in [3.8, 4) is 5.75 Å². The van der Waals surface area contributed by atoms with Crippen LogP contribution < -0.4 is 4.74 Å². The van der Waals surface area contributed by atoms with Gasteiger partial charge in [0.1, 0.15) is 5.75 Å². The van der Waals surface area contributed by atoms with E-state index < -0.39 is 12.1 Å². The Balaban J connectivity index is 2.06. The van der Waals surface area contributed by atoms with Gasteiger partial charge in [0.15, 0.2) is 0 Å². The zero-order chi connectivity index (χ0) is 14.5. The molecular formula is C14H17NO5. The highest BCUT2D eigenvalue weighted by atomic mass is 16.5. The number of benzene rings is 1. The number of aliphatic carboxylic acids is 1. The maximum absolute atomic E-state index is 12.4. The normalized spacial score (nSPS) is 18.6. The van der Waals surface area contributed by atoms with Gasteiger partial charge >= 0.3 is 5.97 Å². The third kappa shape index (κ3) is 3.48. The molecule has 6 heteroatoms. The van der Waals surface area contributed by atoms with Crippen molar-refractivity contribution in [3.63, 3.8) is 0 Å². The van der Waals surface area contributed by atoms with Gasteiger partial charge in [0.2, 0.25) is 0 Å². The molecule has 0 radical (unpaired) electrons. The van der Waals surface area contributed by atoms with Crippen LogP contribution in [0.2, 0.25) is 0 Å². The Hall–Kier alpha value is -2.08. The molecule has 6 nitrogen and oxygen atoms in total. The molecular weight excluding hydrogens is 262 g/mol. The van der Waals surface area contributed by atoms with Crippen LogP contribution in [0, 0.1) is 0 Å². The third-order valence-electron chi connectivity index (χ3n) is 3.14. The van der Waals surface area contributed by atoms with Gasteiger partial charge in [0.25, 0.3) is 5.91 Å². The number of carboxylic acids is 1. The van der Waals surface area contributed by atoms with Crippen LogP contribution in [0.25, 0.3) is 0 Å². The van der Waals surface area contributed by atoms with Gasteiger partial charge in [0.05, 0.1) is 26.2 Å². The van der Waals surface area contributed by atoms with E-state index in [2.05, 4.69) is 0 Å². The van der Waals surface area contributed by atoms with Crippen molar-refractivity contribution in [2.75, 3.05) is 26.8 Å². The van der Waals surface area contributed by atoms with Gasteiger partial charge in [-0.3, -0.25) is 9.59 Å². The first-order valence-corrected chi connectivity index (χ1v) is 6.37. The smallest absolute Gasteiger partial charge is 0.306 e. The fourth-order valence-corrected chi connectivity index (χ4v) is 2.16. The molecule has 20 heavy (non-hydrogen) atoms. The summed E-state index contributed by atoms with van der Waals surface area (Å²) >= 11 is 0. The van der Waals surface area contributed by atoms with Crippen LogP contribution in [-0.2, 0) is 9.53 Å². The van der Waals surface area contributed by atoms with Crippen molar-refractivity contribution in [2.24, 2.45) is 0 Å². The molecule has 0 aromatic heterocycles. The van der Waals surface area contributed by atoms with E-state index >= 15 is 0 Å². The Kier molecular flexibility index (Phi) is 4.57. The van der Waals surface area contributed by atoms with E-state index in [1.165, 1.54) is 0 Å². The van der Waals surface area contributed by atoms with E-state index in [-0.39, 0.29) is 12.3 Å². The first kappa shape index (κ1) is 14.3. The molecule has 1 aliphatic rings. The summed E-state index contributed by atoms with van der Waals surface area (Å²) in [5.41, 5.74) is 0.528. The number of amides is 1. The molecule has 1 saturated heterocycles. The van der Waals surface area contributed by atoms with Crippen LogP contribution >= 0.6 is 0 Å². The minimum absolute atomic E-state index is 0.0953. The molecule has 2 rings (SSSR count). The molecule has 1 atom stereocenters. The molecule has 1 aliphatic heterocycles. The Morgan fingerprint density at radius 1 is 1.50 bits per heavy atom. The molecule has 0 spiro atoms. The second-order valence-electron chi connectivity index (χ2n) is 4.57. The Morgan fingerprint density at radius 2 is 2.30 bits per heavy atom. The van der Waals surface area contributed by atoms with Gasteiger partial charge in [-0.25, -0.2) is 0 Å². The summed E-state index contributed by atoms with van der Waals surface area (Å²) in [6.45, 7) is 1.11. The summed E-state index contributed by atoms with van der Waals surface area (Å²) in [7, 11) is 1.54. The number of methoxy groups -OCH3 is 1. The molecule has 1 amide bonds. The molecule has 0 bridgehead atoms. The average Bonchev–Trinajstić information content (AvgIpc) is 2.46. The number of carbonyl (C=O) groups is 2. The minimum Gasteiger partial charge on any atom is -0.497 e. The lowest BCUT2D eigenvalue weighted by atomic mass is 10.1. The predicted molar refractivity (Wildman–Crippen MR) is 70.9 cm³/mol. The van der Waals surface area contributed by atoms with Gasteiger partial charge < -0.3 is 19.5 Å². The molecule has 0 aliphatic carbocycles. The zero-order valence-corrected chi connectivity index (χ0v) is 11.2. The molecule has 1 aromatic rings. The molecule has 1 unspecified atom stereocenters. The average molecular weight is 279 g/mol. The summed E-state index contributed by atoms with van der Waals surface area (Å²) in [5.74, 6) is -0.445.